The van der Waals surface area contributed by atoms with E-state index in [1.54, 1.807) is 18.2 Å². The van der Waals surface area contributed by atoms with Gasteiger partial charge >= 0.3 is 5.97 Å². The lowest BCUT2D eigenvalue weighted by atomic mass is 10.00. The molecule has 0 aliphatic rings. The van der Waals surface area contributed by atoms with Crippen molar-refractivity contribution in [3.63, 3.8) is 0 Å². The summed E-state index contributed by atoms with van der Waals surface area (Å²) in [6, 6.07) is 19.0. The highest BCUT2D eigenvalue weighted by Crippen LogP contribution is 2.24. The Kier molecular flexibility index (Phi) is 4.72. The number of aliphatic carboxylic acids is 1. The summed E-state index contributed by atoms with van der Waals surface area (Å²) in [5.74, 6) is -0.486. The lowest BCUT2D eigenvalue weighted by Crippen LogP contribution is -2.29. The maximum absolute atomic E-state index is 11.6. The van der Waals surface area contributed by atoms with Gasteiger partial charge in [-0.2, -0.15) is 0 Å². The van der Waals surface area contributed by atoms with Gasteiger partial charge in [0.1, 0.15) is 5.75 Å². The zero-order valence-corrected chi connectivity index (χ0v) is 14.0. The van der Waals surface area contributed by atoms with Crippen LogP contribution < -0.4 is 4.74 Å². The Morgan fingerprint density at radius 2 is 1.88 bits per heavy atom. The highest BCUT2D eigenvalue weighted by molar-refractivity contribution is 6.31. The van der Waals surface area contributed by atoms with Crippen molar-refractivity contribution in [2.45, 2.75) is 19.4 Å². The number of benzene rings is 3. The predicted molar refractivity (Wildman–Crippen MR) is 95.9 cm³/mol. The third-order valence-corrected chi connectivity index (χ3v) is 4.39. The first-order valence-corrected chi connectivity index (χ1v) is 8.04. The number of halogens is 1. The van der Waals surface area contributed by atoms with Gasteiger partial charge < -0.3 is 9.84 Å². The third kappa shape index (κ3) is 3.52. The minimum atomic E-state index is -0.990. The molecule has 0 spiro atoms. The number of carboxylic acids is 1. The lowest BCUT2D eigenvalue weighted by molar-refractivity contribution is -0.145. The number of fused-ring (bicyclic) bond motifs is 1. The van der Waals surface area contributed by atoms with Gasteiger partial charge in [0.15, 0.2) is 6.10 Å². The Labute approximate surface area is 145 Å². The second kappa shape index (κ2) is 6.93. The van der Waals surface area contributed by atoms with Gasteiger partial charge in [-0.1, -0.05) is 54.1 Å². The van der Waals surface area contributed by atoms with E-state index in [1.165, 1.54) is 0 Å². The highest BCUT2D eigenvalue weighted by Gasteiger charge is 2.21. The van der Waals surface area contributed by atoms with Crippen LogP contribution in [0, 0.1) is 6.92 Å². The second-order valence-electron chi connectivity index (χ2n) is 5.70. The van der Waals surface area contributed by atoms with Crippen LogP contribution in [0.5, 0.6) is 5.75 Å². The standard InChI is InChI=1S/C20H17ClO3/c1-13-11-16(9-10-18(13)21)24-19(20(22)23)12-15-7-4-6-14-5-2-3-8-17(14)15/h2-11,19H,12H2,1H3,(H,22,23). The van der Waals surface area contributed by atoms with Crippen LogP contribution in [0.1, 0.15) is 11.1 Å². The number of hydrogen-bond acceptors (Lipinski definition) is 2. The number of ether oxygens (including phenoxy) is 1. The van der Waals surface area contributed by atoms with Crippen LogP contribution >= 0.6 is 11.6 Å². The van der Waals surface area contributed by atoms with Gasteiger partial charge in [-0.3, -0.25) is 0 Å². The average molecular weight is 341 g/mol. The van der Waals surface area contributed by atoms with E-state index in [-0.39, 0.29) is 0 Å². The third-order valence-electron chi connectivity index (χ3n) is 3.97. The minimum Gasteiger partial charge on any atom is -0.478 e. The van der Waals surface area contributed by atoms with Gasteiger partial charge in [-0.15, -0.1) is 0 Å². The summed E-state index contributed by atoms with van der Waals surface area (Å²) in [6.07, 6.45) is -0.672. The van der Waals surface area contributed by atoms with Gasteiger partial charge in [-0.05, 0) is 47.0 Å². The molecular formula is C20H17ClO3. The zero-order valence-electron chi connectivity index (χ0n) is 13.2. The summed E-state index contributed by atoms with van der Waals surface area (Å²) in [7, 11) is 0. The van der Waals surface area contributed by atoms with E-state index in [4.69, 9.17) is 16.3 Å². The maximum Gasteiger partial charge on any atom is 0.345 e. The van der Waals surface area contributed by atoms with Crippen molar-refractivity contribution in [2.75, 3.05) is 0 Å². The van der Waals surface area contributed by atoms with E-state index in [0.717, 1.165) is 21.9 Å². The predicted octanol–water partition coefficient (Wildman–Crippen LogP) is 4.88. The van der Waals surface area contributed by atoms with Crippen molar-refractivity contribution in [1.29, 1.82) is 0 Å². The molecule has 0 radical (unpaired) electrons. The molecule has 1 unspecified atom stereocenters. The van der Waals surface area contributed by atoms with E-state index in [1.807, 2.05) is 49.4 Å². The number of aryl methyl sites for hydroxylation is 1. The summed E-state index contributed by atoms with van der Waals surface area (Å²) in [5.41, 5.74) is 1.80. The van der Waals surface area contributed by atoms with Crippen LogP contribution in [0.15, 0.2) is 60.7 Å². The molecule has 3 rings (SSSR count). The molecule has 1 N–H and O–H groups in total. The van der Waals surface area contributed by atoms with Crippen molar-refractivity contribution in [3.05, 3.63) is 76.8 Å². The molecule has 0 bridgehead atoms. The Morgan fingerprint density at radius 1 is 1.12 bits per heavy atom. The number of hydrogen-bond donors (Lipinski definition) is 1. The molecule has 0 saturated carbocycles. The molecule has 4 heteroatoms. The molecule has 3 nitrogen and oxygen atoms in total. The topological polar surface area (TPSA) is 46.5 Å². The molecule has 0 heterocycles. The summed E-state index contributed by atoms with van der Waals surface area (Å²) >= 11 is 6.00. The SMILES string of the molecule is Cc1cc(OC(Cc2cccc3ccccc23)C(=O)O)ccc1Cl. The molecule has 3 aromatic rings. The molecule has 122 valence electrons. The van der Waals surface area contributed by atoms with Crippen molar-refractivity contribution < 1.29 is 14.6 Å². The second-order valence-corrected chi connectivity index (χ2v) is 6.11. The number of rotatable bonds is 5. The lowest BCUT2D eigenvalue weighted by Gasteiger charge is -2.17. The first-order chi connectivity index (χ1) is 11.5. The quantitative estimate of drug-likeness (QED) is 0.720. The highest BCUT2D eigenvalue weighted by atomic mass is 35.5. The van der Waals surface area contributed by atoms with E-state index >= 15 is 0 Å². The van der Waals surface area contributed by atoms with E-state index in [0.29, 0.717) is 17.2 Å². The van der Waals surface area contributed by atoms with Crippen LogP contribution in [0.2, 0.25) is 5.02 Å². The molecule has 3 aromatic carbocycles. The average Bonchev–Trinajstić information content (AvgIpc) is 2.57. The molecule has 0 aliphatic carbocycles. The fourth-order valence-electron chi connectivity index (χ4n) is 2.70. The Morgan fingerprint density at radius 3 is 2.62 bits per heavy atom. The van der Waals surface area contributed by atoms with Crippen molar-refractivity contribution in [1.82, 2.24) is 0 Å². The van der Waals surface area contributed by atoms with Crippen LogP contribution in [0.4, 0.5) is 0 Å². The maximum atomic E-state index is 11.6. The summed E-state index contributed by atoms with van der Waals surface area (Å²) in [6.45, 7) is 1.86. The Hall–Kier alpha value is -2.52. The summed E-state index contributed by atoms with van der Waals surface area (Å²) in [5, 5.41) is 12.3. The van der Waals surface area contributed by atoms with Gasteiger partial charge in [0.05, 0.1) is 0 Å². The molecular weight excluding hydrogens is 324 g/mol. The molecule has 1 atom stereocenters. The Balaban J connectivity index is 1.88. The van der Waals surface area contributed by atoms with Crippen LogP contribution in [0.25, 0.3) is 10.8 Å². The first-order valence-electron chi connectivity index (χ1n) is 7.67. The van der Waals surface area contributed by atoms with Crippen molar-refractivity contribution in [3.8, 4) is 5.75 Å². The molecule has 0 fully saturated rings. The summed E-state index contributed by atoms with van der Waals surface area (Å²) in [4.78, 5) is 11.6. The van der Waals surface area contributed by atoms with E-state index in [2.05, 4.69) is 0 Å². The molecule has 0 saturated heterocycles. The normalized spacial score (nSPS) is 12.1. The monoisotopic (exact) mass is 340 g/mol. The fraction of sp³-hybridized carbons (Fsp3) is 0.150. The smallest absolute Gasteiger partial charge is 0.345 e. The van der Waals surface area contributed by atoms with Crippen molar-refractivity contribution in [2.24, 2.45) is 0 Å². The summed E-state index contributed by atoms with van der Waals surface area (Å²) < 4.78 is 5.71. The van der Waals surface area contributed by atoms with Gasteiger partial charge in [-0.25, -0.2) is 4.79 Å². The first kappa shape index (κ1) is 16.3. The van der Waals surface area contributed by atoms with Gasteiger partial charge in [0.2, 0.25) is 0 Å². The van der Waals surface area contributed by atoms with Crippen LogP contribution in [-0.4, -0.2) is 17.2 Å². The largest absolute Gasteiger partial charge is 0.478 e. The number of carboxylic acid groups (broad SMARTS) is 1. The van der Waals surface area contributed by atoms with Crippen LogP contribution in [-0.2, 0) is 11.2 Å². The van der Waals surface area contributed by atoms with Crippen LogP contribution in [0.3, 0.4) is 0 Å². The molecule has 0 amide bonds. The van der Waals surface area contributed by atoms with Gasteiger partial charge in [0.25, 0.3) is 0 Å². The van der Waals surface area contributed by atoms with Crippen molar-refractivity contribution >= 4 is 28.3 Å². The van der Waals surface area contributed by atoms with E-state index in [9.17, 15) is 9.90 Å². The fourth-order valence-corrected chi connectivity index (χ4v) is 2.82. The zero-order chi connectivity index (χ0) is 17.1. The molecule has 0 aromatic heterocycles. The minimum absolute atomic E-state index is 0.290. The van der Waals surface area contributed by atoms with E-state index < -0.39 is 12.1 Å². The Bertz CT molecular complexity index is 884. The van der Waals surface area contributed by atoms with Gasteiger partial charge in [0, 0.05) is 11.4 Å². The molecule has 0 aliphatic heterocycles. The molecule has 24 heavy (non-hydrogen) atoms. The number of carbonyl (C=O) groups is 1.